The molecule has 0 saturated heterocycles. The van der Waals surface area contributed by atoms with E-state index in [1.807, 2.05) is 0 Å². The van der Waals surface area contributed by atoms with Gasteiger partial charge >= 0.3 is 21.3 Å². The summed E-state index contributed by atoms with van der Waals surface area (Å²) in [5, 5.41) is 0. The molecule has 10 heteroatoms. The lowest BCUT2D eigenvalue weighted by molar-refractivity contribution is -0.187. The zero-order chi connectivity index (χ0) is 19.6. The Bertz CT molecular complexity index is 680. The van der Waals surface area contributed by atoms with Crippen molar-refractivity contribution in [2.75, 3.05) is 0 Å². The molecule has 0 saturated carbocycles. The summed E-state index contributed by atoms with van der Waals surface area (Å²) < 4.78 is 1.82. The lowest BCUT2D eigenvalue weighted by Crippen LogP contribution is -2.11. The molecule has 0 atom stereocenters. The van der Waals surface area contributed by atoms with Crippen LogP contribution in [0.3, 0.4) is 0 Å². The third kappa shape index (κ3) is 9.48. The van der Waals surface area contributed by atoms with Crippen LogP contribution in [0.25, 0.3) is 0 Å². The molecule has 26 heavy (non-hydrogen) atoms. The number of alkyl halides is 3. The summed E-state index contributed by atoms with van der Waals surface area (Å²) in [6.45, 7) is 0. The first-order valence-electron chi connectivity index (χ1n) is 6.67. The van der Waals surface area contributed by atoms with Crippen LogP contribution in [0.1, 0.15) is 20.7 Å². The normalized spacial score (nSPS) is 10.0. The highest BCUT2D eigenvalue weighted by atomic mass is 35.6. The first kappa shape index (κ1) is 22.1. The Morgan fingerprint density at radius 1 is 0.692 bits per heavy atom. The maximum atomic E-state index is 11.5. The number of hydrogen-bond donors (Lipinski definition) is 0. The molecule has 2 aromatic carbocycles. The summed E-state index contributed by atoms with van der Waals surface area (Å²) in [6, 6.07) is 16.6. The lowest BCUT2D eigenvalue weighted by atomic mass is 10.2. The van der Waals surface area contributed by atoms with E-state index in [1.165, 1.54) is 0 Å². The molecule has 6 nitrogen and oxygen atoms in total. The minimum atomic E-state index is -2.04. The number of benzene rings is 2. The number of hydrogen-bond acceptors (Lipinski definition) is 6. The minimum absolute atomic E-state index is 0.318. The molecule has 0 radical (unpaired) electrons. The number of ether oxygens (including phenoxy) is 1. The molecule has 0 spiro atoms. The van der Waals surface area contributed by atoms with E-state index in [1.54, 1.807) is 60.7 Å². The second kappa shape index (κ2) is 10.9. The molecule has 0 fully saturated rings. The zero-order valence-electron chi connectivity index (χ0n) is 12.7. The van der Waals surface area contributed by atoms with Crippen LogP contribution in [0.4, 0.5) is 4.79 Å². The SMILES string of the molecule is O=C(Cl)OC(Cl)(Cl)Cl.O=C(OOC(=O)c1ccccc1)c1ccccc1. The maximum Gasteiger partial charge on any atom is 0.407 e. The smallest absolute Gasteiger partial charge is 0.402 e. The van der Waals surface area contributed by atoms with E-state index >= 15 is 0 Å². The van der Waals surface area contributed by atoms with Gasteiger partial charge in [-0.15, -0.1) is 0 Å². The van der Waals surface area contributed by atoms with Gasteiger partial charge in [-0.3, -0.25) is 0 Å². The van der Waals surface area contributed by atoms with Crippen LogP contribution >= 0.6 is 46.4 Å². The van der Waals surface area contributed by atoms with E-state index in [0.717, 1.165) is 0 Å². The van der Waals surface area contributed by atoms with E-state index in [2.05, 4.69) is 26.1 Å². The molecule has 138 valence electrons. The van der Waals surface area contributed by atoms with E-state index < -0.39 is 21.3 Å². The standard InChI is InChI=1S/C14H10O4.C2Cl4O2/c15-13(11-7-3-1-4-8-11)17-18-14(16)12-9-5-2-6-10-12;3-1(7)8-2(4,5)6/h1-10H;. The molecular formula is C16H10Cl4O6. The predicted octanol–water partition coefficient (Wildman–Crippen LogP) is 5.30. The van der Waals surface area contributed by atoms with Crippen molar-refractivity contribution in [1.29, 1.82) is 0 Å². The van der Waals surface area contributed by atoms with Gasteiger partial charge in [-0.2, -0.15) is 0 Å². The van der Waals surface area contributed by atoms with E-state index in [-0.39, 0.29) is 0 Å². The fourth-order valence-electron chi connectivity index (χ4n) is 1.41. The van der Waals surface area contributed by atoms with Crippen molar-refractivity contribution in [3.63, 3.8) is 0 Å². The summed E-state index contributed by atoms with van der Waals surface area (Å²) in [5.41, 5.74) is -0.512. The highest BCUT2D eigenvalue weighted by Gasteiger charge is 2.23. The quantitative estimate of drug-likeness (QED) is 0.273. The van der Waals surface area contributed by atoms with Crippen molar-refractivity contribution in [3.8, 4) is 0 Å². The zero-order valence-corrected chi connectivity index (χ0v) is 15.8. The first-order valence-corrected chi connectivity index (χ1v) is 8.18. The highest BCUT2D eigenvalue weighted by molar-refractivity contribution is 6.69. The molecule has 0 aromatic heterocycles. The largest absolute Gasteiger partial charge is 0.407 e. The summed E-state index contributed by atoms with van der Waals surface area (Å²) >= 11 is 19.4. The van der Waals surface area contributed by atoms with Crippen molar-refractivity contribution >= 4 is 63.8 Å². The number of carbonyl (C=O) groups excluding carboxylic acids is 3. The van der Waals surface area contributed by atoms with Gasteiger partial charge in [0.25, 0.3) is 0 Å². The van der Waals surface area contributed by atoms with Crippen LogP contribution in [-0.2, 0) is 14.5 Å². The highest BCUT2D eigenvalue weighted by Crippen LogP contribution is 2.27. The summed E-state index contributed by atoms with van der Waals surface area (Å²) in [4.78, 5) is 41.6. The fraction of sp³-hybridized carbons (Fsp3) is 0.0625. The lowest BCUT2D eigenvalue weighted by Gasteiger charge is -2.06. The van der Waals surface area contributed by atoms with Gasteiger partial charge < -0.3 is 4.74 Å². The summed E-state index contributed by atoms with van der Waals surface area (Å²) in [7, 11) is 0. The third-order valence-corrected chi connectivity index (χ3v) is 2.72. The maximum absolute atomic E-state index is 11.5. The Morgan fingerprint density at radius 3 is 1.27 bits per heavy atom. The molecule has 2 aromatic rings. The van der Waals surface area contributed by atoms with Gasteiger partial charge in [0.05, 0.1) is 11.1 Å². The molecule has 0 N–H and O–H groups in total. The van der Waals surface area contributed by atoms with E-state index in [0.29, 0.717) is 11.1 Å². The average molecular weight is 440 g/mol. The fourth-order valence-corrected chi connectivity index (χ4v) is 1.86. The summed E-state index contributed by atoms with van der Waals surface area (Å²) in [5.74, 6) is -1.42. The Labute approximate surface area is 168 Å². The second-order valence-electron chi connectivity index (χ2n) is 4.26. The van der Waals surface area contributed by atoms with Crippen LogP contribution in [0.15, 0.2) is 60.7 Å². The van der Waals surface area contributed by atoms with E-state index in [4.69, 9.17) is 34.8 Å². The number of halogens is 4. The monoisotopic (exact) mass is 438 g/mol. The third-order valence-electron chi connectivity index (χ3n) is 2.41. The van der Waals surface area contributed by atoms with Gasteiger partial charge in [0.2, 0.25) is 0 Å². The van der Waals surface area contributed by atoms with Gasteiger partial charge in [-0.1, -0.05) is 36.4 Å². The molecular weight excluding hydrogens is 430 g/mol. The molecule has 2 rings (SSSR count). The van der Waals surface area contributed by atoms with Gasteiger partial charge in [0.15, 0.2) is 0 Å². The van der Waals surface area contributed by atoms with Crippen LogP contribution in [0, 0.1) is 0 Å². The number of rotatable bonds is 2. The molecule has 0 aliphatic heterocycles. The Kier molecular flexibility index (Phi) is 9.23. The predicted molar refractivity (Wildman–Crippen MR) is 96.3 cm³/mol. The Morgan fingerprint density at radius 2 is 1.04 bits per heavy atom. The van der Waals surface area contributed by atoms with Gasteiger partial charge in [0, 0.05) is 11.6 Å². The van der Waals surface area contributed by atoms with Crippen molar-refractivity contribution < 1.29 is 28.9 Å². The summed E-state index contributed by atoms with van der Waals surface area (Å²) in [6.07, 6.45) is 0. The van der Waals surface area contributed by atoms with Crippen molar-refractivity contribution in [1.82, 2.24) is 0 Å². The molecule has 0 amide bonds. The van der Waals surface area contributed by atoms with Crippen molar-refractivity contribution in [2.45, 2.75) is 3.98 Å². The van der Waals surface area contributed by atoms with Gasteiger partial charge in [-0.05, 0) is 59.1 Å². The van der Waals surface area contributed by atoms with Crippen molar-refractivity contribution in [2.24, 2.45) is 0 Å². The molecule has 0 aliphatic rings. The van der Waals surface area contributed by atoms with Crippen LogP contribution < -0.4 is 0 Å². The molecule has 0 aliphatic carbocycles. The average Bonchev–Trinajstić information content (AvgIpc) is 2.59. The molecule has 0 heterocycles. The Hall–Kier alpha value is -1.99. The van der Waals surface area contributed by atoms with Gasteiger partial charge in [-0.25, -0.2) is 24.2 Å². The van der Waals surface area contributed by atoms with Crippen LogP contribution in [0.2, 0.25) is 0 Å². The molecule has 0 bridgehead atoms. The second-order valence-corrected chi connectivity index (χ2v) is 6.74. The minimum Gasteiger partial charge on any atom is -0.402 e. The first-order chi connectivity index (χ1) is 12.2. The van der Waals surface area contributed by atoms with Gasteiger partial charge in [0.1, 0.15) is 0 Å². The van der Waals surface area contributed by atoms with Crippen LogP contribution in [0.5, 0.6) is 0 Å². The molecule has 0 unspecified atom stereocenters. The Balaban J connectivity index is 0.000000359. The number of carbonyl (C=O) groups is 3. The van der Waals surface area contributed by atoms with E-state index in [9.17, 15) is 14.4 Å². The van der Waals surface area contributed by atoms with Crippen LogP contribution in [-0.4, -0.2) is 21.3 Å². The topological polar surface area (TPSA) is 78.9 Å². The van der Waals surface area contributed by atoms with Crippen molar-refractivity contribution in [3.05, 3.63) is 71.8 Å².